The van der Waals surface area contributed by atoms with Gasteiger partial charge >= 0.3 is 5.97 Å². The highest BCUT2D eigenvalue weighted by Gasteiger charge is 2.47. The van der Waals surface area contributed by atoms with E-state index in [0.717, 1.165) is 25.2 Å². The van der Waals surface area contributed by atoms with Gasteiger partial charge in [-0.25, -0.2) is 0 Å². The average molecular weight is 168 g/mol. The Balaban J connectivity index is 1.98. The number of carbonyl (C=O) groups excluding carboxylic acids is 1. The summed E-state index contributed by atoms with van der Waals surface area (Å²) in [7, 11) is 0. The summed E-state index contributed by atoms with van der Waals surface area (Å²) in [6.07, 6.45) is 6.44. The summed E-state index contributed by atoms with van der Waals surface area (Å²) in [6.45, 7) is 1.86. The summed E-state index contributed by atoms with van der Waals surface area (Å²) < 4.78 is 5.50. The van der Waals surface area contributed by atoms with Crippen LogP contribution in [0.2, 0.25) is 0 Å². The summed E-state index contributed by atoms with van der Waals surface area (Å²) in [4.78, 5) is 11.1. The monoisotopic (exact) mass is 168 g/mol. The number of hydrogen-bond donors (Lipinski definition) is 0. The zero-order chi connectivity index (χ0) is 8.60. The minimum Gasteiger partial charge on any atom is -0.459 e. The first-order valence-corrected chi connectivity index (χ1v) is 4.96. The van der Waals surface area contributed by atoms with Crippen molar-refractivity contribution in [2.45, 2.75) is 51.0 Å². The number of ether oxygens (including phenoxy) is 1. The van der Waals surface area contributed by atoms with E-state index in [-0.39, 0.29) is 11.6 Å². The van der Waals surface area contributed by atoms with Gasteiger partial charge in [-0.1, -0.05) is 6.92 Å². The molecule has 12 heavy (non-hydrogen) atoms. The van der Waals surface area contributed by atoms with E-state index in [4.69, 9.17) is 4.74 Å². The lowest BCUT2D eigenvalue weighted by Gasteiger charge is -2.26. The molecule has 2 aliphatic rings. The Morgan fingerprint density at radius 3 is 2.58 bits per heavy atom. The van der Waals surface area contributed by atoms with Crippen LogP contribution in [0.4, 0.5) is 0 Å². The van der Waals surface area contributed by atoms with E-state index < -0.39 is 0 Å². The largest absolute Gasteiger partial charge is 0.459 e. The Hall–Kier alpha value is -0.530. The van der Waals surface area contributed by atoms with Gasteiger partial charge in [0.2, 0.25) is 0 Å². The van der Waals surface area contributed by atoms with Crippen LogP contribution < -0.4 is 0 Å². The maximum atomic E-state index is 11.1. The minimum absolute atomic E-state index is 0.0161. The highest BCUT2D eigenvalue weighted by Crippen LogP contribution is 2.49. The van der Waals surface area contributed by atoms with E-state index in [0.29, 0.717) is 6.42 Å². The highest BCUT2D eigenvalue weighted by atomic mass is 16.6. The molecule has 2 fully saturated rings. The molecule has 0 unspecified atom stereocenters. The predicted molar refractivity (Wildman–Crippen MR) is 45.7 cm³/mol. The third kappa shape index (κ3) is 1.23. The molecule has 0 aromatic carbocycles. The van der Waals surface area contributed by atoms with Crippen molar-refractivity contribution in [3.8, 4) is 0 Å². The highest BCUT2D eigenvalue weighted by molar-refractivity contribution is 5.69. The smallest absolute Gasteiger partial charge is 0.306 e. The Labute approximate surface area is 73.3 Å². The van der Waals surface area contributed by atoms with Gasteiger partial charge in [0.25, 0.3) is 0 Å². The number of hydrogen-bond acceptors (Lipinski definition) is 2. The maximum Gasteiger partial charge on any atom is 0.306 e. The molecule has 0 saturated heterocycles. The van der Waals surface area contributed by atoms with Gasteiger partial charge in [-0.05, 0) is 38.0 Å². The van der Waals surface area contributed by atoms with Crippen LogP contribution >= 0.6 is 0 Å². The van der Waals surface area contributed by atoms with Gasteiger partial charge in [-0.3, -0.25) is 4.79 Å². The number of carbonyl (C=O) groups is 1. The molecule has 0 aromatic heterocycles. The molecule has 0 N–H and O–H groups in total. The fourth-order valence-electron chi connectivity index (χ4n) is 2.60. The van der Waals surface area contributed by atoms with Crippen LogP contribution in [0.15, 0.2) is 0 Å². The van der Waals surface area contributed by atoms with E-state index in [2.05, 4.69) is 0 Å². The SMILES string of the molecule is CCC(=O)OC12CCC(CC1)C2. The predicted octanol–water partition coefficient (Wildman–Crippen LogP) is 2.27. The van der Waals surface area contributed by atoms with E-state index >= 15 is 0 Å². The van der Waals surface area contributed by atoms with Gasteiger partial charge in [0.1, 0.15) is 5.60 Å². The molecule has 0 radical (unpaired) electrons. The molecular weight excluding hydrogens is 152 g/mol. The minimum atomic E-state index is -0.0162. The van der Waals surface area contributed by atoms with E-state index in [9.17, 15) is 4.79 Å². The second kappa shape index (κ2) is 2.75. The van der Waals surface area contributed by atoms with Gasteiger partial charge in [0.05, 0.1) is 0 Å². The molecule has 0 amide bonds. The summed E-state index contributed by atoms with van der Waals surface area (Å²) in [5.41, 5.74) is -0.0161. The maximum absolute atomic E-state index is 11.1. The summed E-state index contributed by atoms with van der Waals surface area (Å²) in [5, 5.41) is 0. The Bertz CT molecular complexity index is 190. The molecule has 0 aliphatic heterocycles. The molecule has 0 heterocycles. The van der Waals surface area contributed by atoms with E-state index in [1.54, 1.807) is 0 Å². The van der Waals surface area contributed by atoms with Crippen molar-refractivity contribution in [2.75, 3.05) is 0 Å². The molecule has 68 valence electrons. The van der Waals surface area contributed by atoms with Gasteiger partial charge in [-0.15, -0.1) is 0 Å². The third-order valence-electron chi connectivity index (χ3n) is 3.30. The first kappa shape index (κ1) is 8.09. The lowest BCUT2D eigenvalue weighted by molar-refractivity contribution is -0.158. The van der Waals surface area contributed by atoms with Crippen molar-refractivity contribution in [3.05, 3.63) is 0 Å². The van der Waals surface area contributed by atoms with E-state index in [1.807, 2.05) is 6.92 Å². The fourth-order valence-corrected chi connectivity index (χ4v) is 2.60. The normalized spacial score (nSPS) is 38.6. The first-order valence-electron chi connectivity index (χ1n) is 4.96. The number of fused-ring (bicyclic) bond motifs is 2. The van der Waals surface area contributed by atoms with Crippen molar-refractivity contribution in [2.24, 2.45) is 5.92 Å². The van der Waals surface area contributed by atoms with Crippen LogP contribution in [-0.2, 0) is 9.53 Å². The van der Waals surface area contributed by atoms with Crippen molar-refractivity contribution in [1.29, 1.82) is 0 Å². The average Bonchev–Trinajstić information content (AvgIpc) is 2.63. The zero-order valence-corrected chi connectivity index (χ0v) is 7.64. The zero-order valence-electron chi connectivity index (χ0n) is 7.64. The molecule has 0 spiro atoms. The summed E-state index contributed by atoms with van der Waals surface area (Å²) in [6, 6.07) is 0. The van der Waals surface area contributed by atoms with Crippen molar-refractivity contribution < 1.29 is 9.53 Å². The van der Waals surface area contributed by atoms with Gasteiger partial charge < -0.3 is 4.74 Å². The van der Waals surface area contributed by atoms with Crippen LogP contribution in [0.5, 0.6) is 0 Å². The van der Waals surface area contributed by atoms with Crippen LogP contribution in [0.1, 0.15) is 45.4 Å². The lowest BCUT2D eigenvalue weighted by atomic mass is 9.97. The molecule has 2 rings (SSSR count). The molecule has 2 heteroatoms. The Morgan fingerprint density at radius 1 is 1.50 bits per heavy atom. The van der Waals surface area contributed by atoms with E-state index in [1.165, 1.54) is 12.8 Å². The standard InChI is InChI=1S/C10H16O2/c1-2-9(11)12-10-5-3-8(7-10)4-6-10/h8H,2-7H2,1H3. The second-order valence-corrected chi connectivity index (χ2v) is 4.16. The molecule has 2 saturated carbocycles. The number of esters is 1. The fraction of sp³-hybridized carbons (Fsp3) is 0.900. The Morgan fingerprint density at radius 2 is 2.17 bits per heavy atom. The lowest BCUT2D eigenvalue weighted by Crippen LogP contribution is -2.29. The molecule has 2 bridgehead atoms. The number of rotatable bonds is 2. The summed E-state index contributed by atoms with van der Waals surface area (Å²) >= 11 is 0. The van der Waals surface area contributed by atoms with Crippen molar-refractivity contribution >= 4 is 5.97 Å². The molecule has 2 aliphatic carbocycles. The molecule has 2 nitrogen and oxygen atoms in total. The topological polar surface area (TPSA) is 26.3 Å². The quantitative estimate of drug-likeness (QED) is 0.591. The van der Waals surface area contributed by atoms with Gasteiger partial charge in [0.15, 0.2) is 0 Å². The molecular formula is C10H16O2. The van der Waals surface area contributed by atoms with Gasteiger partial charge in [-0.2, -0.15) is 0 Å². The molecule has 0 atom stereocenters. The first-order chi connectivity index (χ1) is 5.74. The van der Waals surface area contributed by atoms with Crippen LogP contribution in [0, 0.1) is 5.92 Å². The third-order valence-corrected chi connectivity index (χ3v) is 3.30. The Kier molecular flexibility index (Phi) is 1.85. The van der Waals surface area contributed by atoms with Crippen molar-refractivity contribution in [3.63, 3.8) is 0 Å². The second-order valence-electron chi connectivity index (χ2n) is 4.16. The molecule has 0 aromatic rings. The summed E-state index contributed by atoms with van der Waals surface area (Å²) in [5.74, 6) is 0.840. The van der Waals surface area contributed by atoms with Crippen LogP contribution in [0.25, 0.3) is 0 Å². The van der Waals surface area contributed by atoms with Crippen LogP contribution in [0.3, 0.4) is 0 Å². The van der Waals surface area contributed by atoms with Gasteiger partial charge in [0, 0.05) is 6.42 Å². The van der Waals surface area contributed by atoms with Crippen LogP contribution in [-0.4, -0.2) is 11.6 Å². The van der Waals surface area contributed by atoms with Crippen molar-refractivity contribution in [1.82, 2.24) is 0 Å².